The van der Waals surface area contributed by atoms with Gasteiger partial charge in [-0.3, -0.25) is 4.79 Å². The maximum atomic E-state index is 13.6. The van der Waals surface area contributed by atoms with Gasteiger partial charge in [0, 0.05) is 11.4 Å². The summed E-state index contributed by atoms with van der Waals surface area (Å²) in [7, 11) is -3.92. The van der Waals surface area contributed by atoms with E-state index >= 15 is 0 Å². The van der Waals surface area contributed by atoms with Gasteiger partial charge in [0.2, 0.25) is 15.9 Å². The molecule has 0 heterocycles. The summed E-state index contributed by atoms with van der Waals surface area (Å²) in [5.74, 6) is -0.336. The number of aryl methyl sites for hydroxylation is 2. The summed E-state index contributed by atoms with van der Waals surface area (Å²) >= 11 is 0. The third-order valence-electron chi connectivity index (χ3n) is 6.81. The third-order valence-corrected chi connectivity index (χ3v) is 8.30. The highest BCUT2D eigenvalue weighted by molar-refractivity contribution is 7.89. The van der Waals surface area contributed by atoms with E-state index in [1.54, 1.807) is 0 Å². The van der Waals surface area contributed by atoms with Gasteiger partial charge in [-0.1, -0.05) is 36.4 Å². The summed E-state index contributed by atoms with van der Waals surface area (Å²) in [6.45, 7) is 0. The lowest BCUT2D eigenvalue weighted by atomic mass is 9.98. The zero-order valence-electron chi connectivity index (χ0n) is 19.0. The van der Waals surface area contributed by atoms with E-state index in [-0.39, 0.29) is 17.2 Å². The lowest BCUT2D eigenvalue weighted by Crippen LogP contribution is -2.45. The predicted octanol–water partition coefficient (Wildman–Crippen LogP) is 3.77. The Hall–Kier alpha value is -3.16. The van der Waals surface area contributed by atoms with Crippen molar-refractivity contribution in [3.05, 3.63) is 88.5 Å². The number of carbonyl (C=O) groups excluding carboxylic acids is 1. The highest BCUT2D eigenvalue weighted by atomic mass is 32.2. The number of carbonyl (C=O) groups is 1. The molecule has 34 heavy (non-hydrogen) atoms. The van der Waals surface area contributed by atoms with Crippen molar-refractivity contribution in [2.24, 2.45) is 0 Å². The van der Waals surface area contributed by atoms with Crippen LogP contribution < -0.4 is 15.8 Å². The van der Waals surface area contributed by atoms with Gasteiger partial charge in [0.05, 0.1) is 4.90 Å². The molecule has 3 aromatic carbocycles. The molecule has 0 radical (unpaired) electrons. The summed E-state index contributed by atoms with van der Waals surface area (Å²) in [6.07, 6.45) is 6.36. The number of nitrogens with one attached hydrogen (secondary N) is 2. The van der Waals surface area contributed by atoms with Crippen LogP contribution in [0, 0.1) is 0 Å². The lowest BCUT2D eigenvalue weighted by molar-refractivity contribution is -0.117. The Morgan fingerprint density at radius 1 is 0.882 bits per heavy atom. The minimum atomic E-state index is -3.92. The van der Waals surface area contributed by atoms with Crippen molar-refractivity contribution in [1.82, 2.24) is 4.72 Å². The van der Waals surface area contributed by atoms with E-state index in [9.17, 15) is 13.2 Å². The zero-order chi connectivity index (χ0) is 23.7. The van der Waals surface area contributed by atoms with E-state index in [2.05, 4.69) is 16.1 Å². The molecule has 5 rings (SSSR count). The Morgan fingerprint density at radius 3 is 2.12 bits per heavy atom. The number of fused-ring (bicyclic) bond motifs is 2. The molecule has 4 N–H and O–H groups in total. The van der Waals surface area contributed by atoms with Crippen molar-refractivity contribution < 1.29 is 13.2 Å². The molecule has 0 saturated carbocycles. The number of anilines is 2. The van der Waals surface area contributed by atoms with Crippen LogP contribution >= 0.6 is 0 Å². The number of sulfonamides is 1. The van der Waals surface area contributed by atoms with Crippen molar-refractivity contribution in [1.29, 1.82) is 0 Å². The van der Waals surface area contributed by atoms with Crippen LogP contribution in [0.25, 0.3) is 0 Å². The van der Waals surface area contributed by atoms with Crippen LogP contribution in [-0.2, 0) is 46.9 Å². The molecular formula is C27H29N3O3S. The molecule has 0 bridgehead atoms. The number of benzene rings is 3. The largest absolute Gasteiger partial charge is 0.399 e. The summed E-state index contributed by atoms with van der Waals surface area (Å²) in [6, 6.07) is 16.8. The lowest BCUT2D eigenvalue weighted by Gasteiger charge is -2.22. The Morgan fingerprint density at radius 2 is 1.50 bits per heavy atom. The van der Waals surface area contributed by atoms with Crippen molar-refractivity contribution in [3.63, 3.8) is 0 Å². The first-order valence-electron chi connectivity index (χ1n) is 11.8. The number of hydrogen-bond acceptors (Lipinski definition) is 4. The molecule has 6 nitrogen and oxygen atoms in total. The molecule has 0 fully saturated rings. The van der Waals surface area contributed by atoms with E-state index in [1.807, 2.05) is 30.3 Å². The van der Waals surface area contributed by atoms with Crippen LogP contribution in [0.3, 0.4) is 0 Å². The van der Waals surface area contributed by atoms with Crippen molar-refractivity contribution in [2.75, 3.05) is 11.1 Å². The normalized spacial score (nSPS) is 15.5. The first kappa shape index (κ1) is 22.6. The van der Waals surface area contributed by atoms with E-state index in [1.165, 1.54) is 46.5 Å². The topological polar surface area (TPSA) is 101 Å². The van der Waals surface area contributed by atoms with E-state index < -0.39 is 16.1 Å². The molecule has 2 aliphatic rings. The number of rotatable bonds is 7. The van der Waals surface area contributed by atoms with Crippen LogP contribution in [0.2, 0.25) is 0 Å². The van der Waals surface area contributed by atoms with E-state index in [4.69, 9.17) is 5.73 Å². The monoisotopic (exact) mass is 475 g/mol. The van der Waals surface area contributed by atoms with Gasteiger partial charge in [0.25, 0.3) is 0 Å². The molecule has 7 heteroatoms. The summed E-state index contributed by atoms with van der Waals surface area (Å²) < 4.78 is 28.9. The zero-order valence-corrected chi connectivity index (χ0v) is 19.8. The maximum Gasteiger partial charge on any atom is 0.242 e. The fourth-order valence-corrected chi connectivity index (χ4v) is 6.31. The van der Waals surface area contributed by atoms with Crippen LogP contribution in [0.5, 0.6) is 0 Å². The minimum Gasteiger partial charge on any atom is -0.399 e. The smallest absolute Gasteiger partial charge is 0.242 e. The minimum absolute atomic E-state index is 0.0778. The molecule has 2 aliphatic carbocycles. The Kier molecular flexibility index (Phi) is 6.15. The number of amides is 1. The van der Waals surface area contributed by atoms with E-state index in [0.29, 0.717) is 5.69 Å². The van der Waals surface area contributed by atoms with Crippen molar-refractivity contribution >= 4 is 27.3 Å². The van der Waals surface area contributed by atoms with Gasteiger partial charge < -0.3 is 11.1 Å². The fraction of sp³-hybridized carbons (Fsp3) is 0.296. The maximum absolute atomic E-state index is 13.6. The van der Waals surface area contributed by atoms with E-state index in [0.717, 1.165) is 49.8 Å². The number of nitrogens with two attached hydrogens (primary N) is 1. The SMILES string of the molecule is Nc1ccc(S(=O)(=O)N[C@@H](Cc2ccccc2)C(=O)Nc2c3c(cc4c2CCC4)CCC3)cc1. The number of hydrogen-bond donors (Lipinski definition) is 3. The van der Waals surface area contributed by atoms with Crippen molar-refractivity contribution in [2.45, 2.75) is 55.9 Å². The second kappa shape index (κ2) is 9.24. The van der Waals surface area contributed by atoms with Gasteiger partial charge in [0.1, 0.15) is 6.04 Å². The summed E-state index contributed by atoms with van der Waals surface area (Å²) in [5.41, 5.74) is 13.1. The second-order valence-electron chi connectivity index (χ2n) is 9.16. The van der Waals surface area contributed by atoms with Gasteiger partial charge in [-0.25, -0.2) is 8.42 Å². The molecule has 1 atom stereocenters. The first-order chi connectivity index (χ1) is 16.4. The standard InChI is InChI=1S/C27H29N3O3S/c28-21-12-14-22(15-13-21)34(32,33)30-25(16-18-6-2-1-3-7-18)27(31)29-26-23-10-4-8-19(23)17-20-9-5-11-24(20)26/h1-3,6-7,12-15,17,25,30H,4-5,8-11,16,28H2,(H,29,31)/t25-/m0/s1. The highest BCUT2D eigenvalue weighted by Gasteiger charge is 2.30. The van der Waals surface area contributed by atoms with Crippen LogP contribution in [0.4, 0.5) is 11.4 Å². The van der Waals surface area contributed by atoms with Crippen LogP contribution in [0.1, 0.15) is 40.7 Å². The number of nitrogen functional groups attached to an aromatic ring is 1. The fourth-order valence-electron chi connectivity index (χ4n) is 5.12. The predicted molar refractivity (Wildman–Crippen MR) is 134 cm³/mol. The van der Waals surface area contributed by atoms with Gasteiger partial charge in [-0.2, -0.15) is 4.72 Å². The van der Waals surface area contributed by atoms with Crippen LogP contribution in [0.15, 0.2) is 65.6 Å². The highest BCUT2D eigenvalue weighted by Crippen LogP contribution is 2.38. The van der Waals surface area contributed by atoms with Crippen LogP contribution in [-0.4, -0.2) is 20.4 Å². The summed E-state index contributed by atoms with van der Waals surface area (Å²) in [4.78, 5) is 13.7. The molecule has 0 saturated heterocycles. The Bertz CT molecular complexity index is 1290. The van der Waals surface area contributed by atoms with Gasteiger partial charge in [0.15, 0.2) is 0 Å². The average Bonchev–Trinajstić information content (AvgIpc) is 3.49. The summed E-state index contributed by atoms with van der Waals surface area (Å²) in [5, 5.41) is 3.16. The molecule has 0 spiro atoms. The molecule has 0 unspecified atom stereocenters. The average molecular weight is 476 g/mol. The van der Waals surface area contributed by atoms with Gasteiger partial charge in [-0.15, -0.1) is 0 Å². The molecule has 1 amide bonds. The van der Waals surface area contributed by atoms with Gasteiger partial charge in [-0.05, 0) is 97.0 Å². The third kappa shape index (κ3) is 4.58. The quantitative estimate of drug-likeness (QED) is 0.453. The molecule has 0 aliphatic heterocycles. The Labute approximate surface area is 200 Å². The second-order valence-corrected chi connectivity index (χ2v) is 10.9. The molecular weight excluding hydrogens is 446 g/mol. The Balaban J connectivity index is 1.46. The molecule has 0 aromatic heterocycles. The molecule has 3 aromatic rings. The first-order valence-corrected chi connectivity index (χ1v) is 13.3. The molecule has 176 valence electrons. The van der Waals surface area contributed by atoms with Gasteiger partial charge >= 0.3 is 0 Å². The van der Waals surface area contributed by atoms with Crippen molar-refractivity contribution in [3.8, 4) is 0 Å².